The van der Waals surface area contributed by atoms with Gasteiger partial charge in [-0.3, -0.25) is 4.79 Å². The lowest BCUT2D eigenvalue weighted by atomic mass is 9.79. The molecule has 0 bridgehead atoms. The van der Waals surface area contributed by atoms with Crippen molar-refractivity contribution in [1.82, 2.24) is 4.90 Å². The number of rotatable bonds is 3. The summed E-state index contributed by atoms with van der Waals surface area (Å²) in [5.74, 6) is 1.04. The molecular formula is C17H25NO. The number of nitrogens with zero attached hydrogens (tertiary/aromatic N) is 1. The van der Waals surface area contributed by atoms with E-state index in [1.54, 1.807) is 0 Å². The molecule has 1 atom stereocenters. The molecule has 1 aromatic rings. The molecule has 0 heterocycles. The van der Waals surface area contributed by atoms with Crippen LogP contribution in [0.5, 0.6) is 0 Å². The highest BCUT2D eigenvalue weighted by Gasteiger charge is 2.29. The zero-order chi connectivity index (χ0) is 14.0. The highest BCUT2D eigenvalue weighted by atomic mass is 16.1. The molecule has 0 aromatic heterocycles. The third-order valence-corrected chi connectivity index (χ3v) is 4.34. The van der Waals surface area contributed by atoms with E-state index in [0.29, 0.717) is 17.7 Å². The van der Waals surface area contributed by atoms with E-state index in [0.717, 1.165) is 25.7 Å². The van der Waals surface area contributed by atoms with Crippen LogP contribution in [-0.2, 0) is 4.79 Å². The van der Waals surface area contributed by atoms with Crippen LogP contribution < -0.4 is 0 Å². The van der Waals surface area contributed by atoms with Crippen LogP contribution in [0.25, 0.3) is 0 Å². The Balaban J connectivity index is 2.29. The van der Waals surface area contributed by atoms with Gasteiger partial charge in [0.15, 0.2) is 0 Å². The molecule has 1 unspecified atom stereocenters. The van der Waals surface area contributed by atoms with E-state index in [1.807, 2.05) is 0 Å². The quantitative estimate of drug-likeness (QED) is 0.825. The number of hydrogen-bond acceptors (Lipinski definition) is 2. The lowest BCUT2D eigenvalue weighted by molar-refractivity contribution is -0.121. The molecule has 0 radical (unpaired) electrons. The van der Waals surface area contributed by atoms with E-state index in [-0.39, 0.29) is 0 Å². The van der Waals surface area contributed by atoms with Crippen LogP contribution in [0.2, 0.25) is 0 Å². The molecule has 2 rings (SSSR count). The predicted octanol–water partition coefficient (Wildman–Crippen LogP) is 3.67. The van der Waals surface area contributed by atoms with Crippen molar-refractivity contribution in [2.24, 2.45) is 5.92 Å². The third kappa shape index (κ3) is 3.24. The minimum atomic E-state index is 0.438. The number of aryl methyl sites for hydroxylation is 2. The van der Waals surface area contributed by atoms with Crippen LogP contribution >= 0.6 is 0 Å². The van der Waals surface area contributed by atoms with Crippen molar-refractivity contribution in [3.63, 3.8) is 0 Å². The zero-order valence-corrected chi connectivity index (χ0v) is 12.6. The molecular weight excluding hydrogens is 234 g/mol. The summed E-state index contributed by atoms with van der Waals surface area (Å²) in [6.07, 6.45) is 3.60. The average Bonchev–Trinajstić information content (AvgIpc) is 2.36. The standard InChI is InChI=1S/C17H25NO/c1-12-5-6-13(2)16(11-12)17(18(3)4)14-7-9-15(19)10-8-14/h5-6,11,14,17H,7-10H2,1-4H3. The Labute approximate surface area is 116 Å². The molecule has 104 valence electrons. The number of benzene rings is 1. The second kappa shape index (κ2) is 5.87. The van der Waals surface area contributed by atoms with E-state index in [2.05, 4.69) is 51.0 Å². The number of carbonyl (C=O) groups excluding carboxylic acids is 1. The lowest BCUT2D eigenvalue weighted by Crippen LogP contribution is -2.31. The van der Waals surface area contributed by atoms with Crippen molar-refractivity contribution in [3.05, 3.63) is 34.9 Å². The first-order chi connectivity index (χ1) is 8.99. The smallest absolute Gasteiger partial charge is 0.132 e. The van der Waals surface area contributed by atoms with Gasteiger partial charge < -0.3 is 4.90 Å². The summed E-state index contributed by atoms with van der Waals surface area (Å²) >= 11 is 0. The van der Waals surface area contributed by atoms with E-state index >= 15 is 0 Å². The van der Waals surface area contributed by atoms with Gasteiger partial charge in [-0.25, -0.2) is 0 Å². The highest BCUT2D eigenvalue weighted by Crippen LogP contribution is 2.37. The summed E-state index contributed by atoms with van der Waals surface area (Å²) < 4.78 is 0. The number of ketones is 1. The van der Waals surface area contributed by atoms with Crippen molar-refractivity contribution in [3.8, 4) is 0 Å². The maximum absolute atomic E-state index is 11.4. The van der Waals surface area contributed by atoms with Crippen molar-refractivity contribution in [1.29, 1.82) is 0 Å². The second-order valence-corrected chi connectivity index (χ2v) is 6.14. The summed E-state index contributed by atoms with van der Waals surface area (Å²) in [6, 6.07) is 7.15. The maximum Gasteiger partial charge on any atom is 0.132 e. The molecule has 1 fully saturated rings. The summed E-state index contributed by atoms with van der Waals surface area (Å²) in [5, 5.41) is 0. The molecule has 1 saturated carbocycles. The Morgan fingerprint density at radius 3 is 2.37 bits per heavy atom. The molecule has 2 heteroatoms. The normalized spacial score (nSPS) is 18.9. The van der Waals surface area contributed by atoms with Crippen molar-refractivity contribution in [2.75, 3.05) is 14.1 Å². The van der Waals surface area contributed by atoms with Crippen LogP contribution in [0.1, 0.15) is 48.4 Å². The van der Waals surface area contributed by atoms with Crippen LogP contribution in [0.4, 0.5) is 0 Å². The van der Waals surface area contributed by atoms with Crippen LogP contribution in [-0.4, -0.2) is 24.8 Å². The second-order valence-electron chi connectivity index (χ2n) is 6.14. The van der Waals surface area contributed by atoms with E-state index in [9.17, 15) is 4.79 Å². The van der Waals surface area contributed by atoms with Gasteiger partial charge in [-0.15, -0.1) is 0 Å². The first kappa shape index (κ1) is 14.3. The van der Waals surface area contributed by atoms with Gasteiger partial charge >= 0.3 is 0 Å². The fraction of sp³-hybridized carbons (Fsp3) is 0.588. The number of carbonyl (C=O) groups is 1. The Bertz CT molecular complexity index is 454. The summed E-state index contributed by atoms with van der Waals surface area (Å²) in [7, 11) is 4.31. The lowest BCUT2D eigenvalue weighted by Gasteiger charge is -2.36. The molecule has 19 heavy (non-hydrogen) atoms. The van der Waals surface area contributed by atoms with E-state index in [4.69, 9.17) is 0 Å². The topological polar surface area (TPSA) is 20.3 Å². The molecule has 0 N–H and O–H groups in total. The highest BCUT2D eigenvalue weighted by molar-refractivity contribution is 5.79. The third-order valence-electron chi connectivity index (χ3n) is 4.34. The summed E-state index contributed by atoms with van der Waals surface area (Å²) in [6.45, 7) is 4.35. The monoisotopic (exact) mass is 259 g/mol. The Hall–Kier alpha value is -1.15. The molecule has 1 aromatic carbocycles. The molecule has 2 nitrogen and oxygen atoms in total. The van der Waals surface area contributed by atoms with Gasteiger partial charge in [0.25, 0.3) is 0 Å². The van der Waals surface area contributed by atoms with E-state index in [1.165, 1.54) is 16.7 Å². The van der Waals surface area contributed by atoms with Crippen molar-refractivity contribution in [2.45, 2.75) is 45.6 Å². The van der Waals surface area contributed by atoms with Crippen LogP contribution in [0.3, 0.4) is 0 Å². The molecule has 1 aliphatic carbocycles. The first-order valence-electron chi connectivity index (χ1n) is 7.24. The van der Waals surface area contributed by atoms with Crippen LogP contribution in [0.15, 0.2) is 18.2 Å². The fourth-order valence-corrected chi connectivity index (χ4v) is 3.31. The van der Waals surface area contributed by atoms with Gasteiger partial charge in [0.2, 0.25) is 0 Å². The van der Waals surface area contributed by atoms with Gasteiger partial charge in [0.05, 0.1) is 0 Å². The zero-order valence-electron chi connectivity index (χ0n) is 12.6. The van der Waals surface area contributed by atoms with Gasteiger partial charge in [-0.1, -0.05) is 23.8 Å². The summed E-state index contributed by atoms with van der Waals surface area (Å²) in [5.41, 5.74) is 4.12. The predicted molar refractivity (Wildman–Crippen MR) is 79.3 cm³/mol. The summed E-state index contributed by atoms with van der Waals surface area (Å²) in [4.78, 5) is 13.8. The van der Waals surface area contributed by atoms with Gasteiger partial charge in [-0.2, -0.15) is 0 Å². The Morgan fingerprint density at radius 1 is 1.16 bits per heavy atom. The largest absolute Gasteiger partial charge is 0.302 e. The van der Waals surface area contributed by atoms with Crippen molar-refractivity contribution >= 4 is 5.78 Å². The molecule has 1 aliphatic rings. The number of hydrogen-bond donors (Lipinski definition) is 0. The van der Waals surface area contributed by atoms with Gasteiger partial charge in [0.1, 0.15) is 5.78 Å². The van der Waals surface area contributed by atoms with Crippen molar-refractivity contribution < 1.29 is 4.79 Å². The Morgan fingerprint density at radius 2 is 1.79 bits per heavy atom. The Kier molecular flexibility index (Phi) is 4.41. The molecule has 0 aliphatic heterocycles. The molecule has 0 spiro atoms. The minimum absolute atomic E-state index is 0.438. The maximum atomic E-state index is 11.4. The van der Waals surface area contributed by atoms with Gasteiger partial charge in [0, 0.05) is 18.9 Å². The van der Waals surface area contributed by atoms with E-state index < -0.39 is 0 Å². The van der Waals surface area contributed by atoms with Crippen LogP contribution in [0, 0.1) is 19.8 Å². The fourth-order valence-electron chi connectivity index (χ4n) is 3.31. The molecule has 0 amide bonds. The minimum Gasteiger partial charge on any atom is -0.302 e. The molecule has 0 saturated heterocycles. The first-order valence-corrected chi connectivity index (χ1v) is 7.24. The SMILES string of the molecule is Cc1ccc(C)c(C(C2CCC(=O)CC2)N(C)C)c1. The van der Waals surface area contributed by atoms with Gasteiger partial charge in [-0.05, 0) is 57.8 Å². The number of Topliss-reactive ketones (excluding diaryl/α,β-unsaturated/α-hetero) is 1. The average molecular weight is 259 g/mol.